The summed E-state index contributed by atoms with van der Waals surface area (Å²) in [6.07, 6.45) is 3.10. The number of amides is 2. The van der Waals surface area contributed by atoms with Gasteiger partial charge in [-0.1, -0.05) is 12.1 Å². The predicted octanol–water partition coefficient (Wildman–Crippen LogP) is 2.00. The number of carboxylic acid groups (broad SMARTS) is 1. The van der Waals surface area contributed by atoms with Gasteiger partial charge in [-0.15, -0.1) is 0 Å². The van der Waals surface area contributed by atoms with Crippen molar-refractivity contribution in [2.45, 2.75) is 25.7 Å². The Hall–Kier alpha value is -2.37. The van der Waals surface area contributed by atoms with Crippen LogP contribution in [0.1, 0.15) is 36.0 Å². The highest BCUT2D eigenvalue weighted by atomic mass is 16.4. The van der Waals surface area contributed by atoms with Crippen LogP contribution in [0.5, 0.6) is 0 Å². The Balaban J connectivity index is 1.82. The number of likely N-dealkylation sites (tertiary alicyclic amines) is 1. The number of rotatable bonds is 4. The second-order valence-electron chi connectivity index (χ2n) is 6.62. The smallest absolute Gasteiger partial charge is 0.308 e. The van der Waals surface area contributed by atoms with Crippen molar-refractivity contribution in [3.8, 4) is 0 Å². The summed E-state index contributed by atoms with van der Waals surface area (Å²) in [6, 6.07) is 7.05. The quantitative estimate of drug-likeness (QED) is 0.916. The van der Waals surface area contributed by atoms with E-state index in [4.69, 9.17) is 0 Å². The molecule has 0 aromatic heterocycles. The van der Waals surface area contributed by atoms with E-state index in [0.29, 0.717) is 30.6 Å². The van der Waals surface area contributed by atoms with E-state index in [0.717, 1.165) is 12.8 Å². The summed E-state index contributed by atoms with van der Waals surface area (Å²) in [4.78, 5) is 39.6. The molecule has 1 aromatic carbocycles. The summed E-state index contributed by atoms with van der Waals surface area (Å²) in [7, 11) is 1.70. The van der Waals surface area contributed by atoms with Crippen LogP contribution in [0.2, 0.25) is 0 Å². The molecule has 1 aliphatic heterocycles. The average Bonchev–Trinajstić information content (AvgIpc) is 3.45. The Kier molecular flexibility index (Phi) is 4.55. The van der Waals surface area contributed by atoms with E-state index in [1.807, 2.05) is 0 Å². The molecule has 6 heteroatoms. The maximum Gasteiger partial charge on any atom is 0.308 e. The molecule has 2 amide bonds. The van der Waals surface area contributed by atoms with Crippen molar-refractivity contribution in [1.82, 2.24) is 4.90 Å². The molecular weight excluding hydrogens is 308 g/mol. The molecule has 2 fully saturated rings. The molecule has 1 saturated carbocycles. The summed E-state index contributed by atoms with van der Waals surface area (Å²) in [5.41, 5.74) is 1.05. The minimum Gasteiger partial charge on any atom is -0.481 e. The Labute approximate surface area is 141 Å². The predicted molar refractivity (Wildman–Crippen MR) is 88.8 cm³/mol. The zero-order valence-corrected chi connectivity index (χ0v) is 13.8. The van der Waals surface area contributed by atoms with Crippen molar-refractivity contribution in [1.29, 1.82) is 0 Å². The fourth-order valence-corrected chi connectivity index (χ4v) is 3.20. The van der Waals surface area contributed by atoms with Crippen molar-refractivity contribution in [3.63, 3.8) is 0 Å². The minimum absolute atomic E-state index is 0.0392. The lowest BCUT2D eigenvalue weighted by atomic mass is 9.97. The molecule has 1 heterocycles. The third-order valence-electron chi connectivity index (χ3n) is 4.81. The second kappa shape index (κ2) is 6.63. The van der Waals surface area contributed by atoms with Crippen LogP contribution >= 0.6 is 0 Å². The molecule has 1 N–H and O–H groups in total. The third-order valence-corrected chi connectivity index (χ3v) is 4.81. The topological polar surface area (TPSA) is 77.9 Å². The first kappa shape index (κ1) is 16.5. The lowest BCUT2D eigenvalue weighted by molar-refractivity contribution is -0.143. The highest BCUT2D eigenvalue weighted by molar-refractivity contribution is 6.05. The van der Waals surface area contributed by atoms with Gasteiger partial charge < -0.3 is 14.9 Å². The van der Waals surface area contributed by atoms with Crippen molar-refractivity contribution in [2.24, 2.45) is 11.8 Å². The molecule has 2 aliphatic rings. The molecule has 1 aliphatic carbocycles. The van der Waals surface area contributed by atoms with Gasteiger partial charge >= 0.3 is 5.97 Å². The molecule has 1 atom stereocenters. The van der Waals surface area contributed by atoms with Crippen molar-refractivity contribution in [2.75, 3.05) is 25.0 Å². The molecular formula is C18H22N2O4. The standard InChI is InChI=1S/C18H22N2O4/c1-19(16(21)12-8-9-12)15-7-3-2-6-14(15)17(22)20-10-4-5-13(11-20)18(23)24/h2-3,6-7,12-13H,4-5,8-11H2,1H3,(H,23,24). The van der Waals surface area contributed by atoms with Crippen molar-refractivity contribution >= 4 is 23.5 Å². The third kappa shape index (κ3) is 3.27. The summed E-state index contributed by atoms with van der Waals surface area (Å²) < 4.78 is 0. The van der Waals surface area contributed by atoms with E-state index in [2.05, 4.69) is 0 Å². The maximum atomic E-state index is 12.9. The van der Waals surface area contributed by atoms with Crippen LogP contribution in [-0.4, -0.2) is 47.9 Å². The molecule has 128 valence electrons. The number of hydrogen-bond acceptors (Lipinski definition) is 3. The van der Waals surface area contributed by atoms with Crippen LogP contribution in [0.25, 0.3) is 0 Å². The molecule has 1 saturated heterocycles. The number of para-hydroxylation sites is 1. The molecule has 0 radical (unpaired) electrons. The average molecular weight is 330 g/mol. The molecule has 0 spiro atoms. The van der Waals surface area contributed by atoms with Crippen LogP contribution in [0.3, 0.4) is 0 Å². The van der Waals surface area contributed by atoms with E-state index in [1.165, 1.54) is 0 Å². The molecule has 3 rings (SSSR count). The van der Waals surface area contributed by atoms with Crippen molar-refractivity contribution in [3.05, 3.63) is 29.8 Å². The van der Waals surface area contributed by atoms with Gasteiger partial charge in [0.15, 0.2) is 0 Å². The number of piperidine rings is 1. The molecule has 24 heavy (non-hydrogen) atoms. The maximum absolute atomic E-state index is 12.9. The molecule has 1 unspecified atom stereocenters. The second-order valence-corrected chi connectivity index (χ2v) is 6.62. The number of hydrogen-bond donors (Lipinski definition) is 1. The Morgan fingerprint density at radius 1 is 1.12 bits per heavy atom. The number of carbonyl (C=O) groups excluding carboxylic acids is 2. The number of benzene rings is 1. The van der Waals surface area contributed by atoms with Gasteiger partial charge in [0.2, 0.25) is 5.91 Å². The van der Waals surface area contributed by atoms with E-state index < -0.39 is 11.9 Å². The van der Waals surface area contributed by atoms with Gasteiger partial charge in [-0.3, -0.25) is 14.4 Å². The van der Waals surface area contributed by atoms with Gasteiger partial charge in [-0.25, -0.2) is 0 Å². The molecule has 6 nitrogen and oxygen atoms in total. The van der Waals surface area contributed by atoms with E-state index in [1.54, 1.807) is 41.1 Å². The lowest BCUT2D eigenvalue weighted by Crippen LogP contribution is -2.43. The first-order chi connectivity index (χ1) is 11.5. The lowest BCUT2D eigenvalue weighted by Gasteiger charge is -2.32. The Morgan fingerprint density at radius 3 is 2.50 bits per heavy atom. The van der Waals surface area contributed by atoms with Gasteiger partial charge in [0, 0.05) is 26.1 Å². The van der Waals surface area contributed by atoms with Crippen molar-refractivity contribution < 1.29 is 19.5 Å². The highest BCUT2D eigenvalue weighted by Gasteiger charge is 2.34. The molecule has 1 aromatic rings. The SMILES string of the molecule is CN(C(=O)C1CC1)c1ccccc1C(=O)N1CCCC(C(=O)O)C1. The number of aliphatic carboxylic acids is 1. The first-order valence-corrected chi connectivity index (χ1v) is 8.37. The summed E-state index contributed by atoms with van der Waals surface area (Å²) >= 11 is 0. The normalized spacial score (nSPS) is 20.5. The zero-order chi connectivity index (χ0) is 17.3. The van der Waals surface area contributed by atoms with Crippen LogP contribution in [-0.2, 0) is 9.59 Å². The van der Waals surface area contributed by atoms with E-state index >= 15 is 0 Å². The van der Waals surface area contributed by atoms with Gasteiger partial charge in [0.05, 0.1) is 17.2 Å². The highest BCUT2D eigenvalue weighted by Crippen LogP contribution is 2.33. The fourth-order valence-electron chi connectivity index (χ4n) is 3.20. The zero-order valence-electron chi connectivity index (χ0n) is 13.8. The first-order valence-electron chi connectivity index (χ1n) is 8.37. The monoisotopic (exact) mass is 330 g/mol. The summed E-state index contributed by atoms with van der Waals surface area (Å²) in [5.74, 6) is -1.46. The van der Waals surface area contributed by atoms with Gasteiger partial charge in [0.1, 0.15) is 0 Å². The van der Waals surface area contributed by atoms with Gasteiger partial charge in [0.25, 0.3) is 5.91 Å². The van der Waals surface area contributed by atoms with Crippen LogP contribution in [0.4, 0.5) is 5.69 Å². The van der Waals surface area contributed by atoms with E-state index in [-0.39, 0.29) is 24.3 Å². The summed E-state index contributed by atoms with van der Waals surface area (Å²) in [6.45, 7) is 0.778. The summed E-state index contributed by atoms with van der Waals surface area (Å²) in [5, 5.41) is 9.20. The Morgan fingerprint density at radius 2 is 1.83 bits per heavy atom. The molecule has 0 bridgehead atoms. The van der Waals surface area contributed by atoms with Gasteiger partial charge in [-0.05, 0) is 37.8 Å². The number of carboxylic acids is 1. The number of carbonyl (C=O) groups is 3. The van der Waals surface area contributed by atoms with Crippen LogP contribution in [0.15, 0.2) is 24.3 Å². The van der Waals surface area contributed by atoms with Crippen LogP contribution in [0, 0.1) is 11.8 Å². The number of anilines is 1. The largest absolute Gasteiger partial charge is 0.481 e. The number of nitrogens with zero attached hydrogens (tertiary/aromatic N) is 2. The minimum atomic E-state index is -0.859. The van der Waals surface area contributed by atoms with Crippen LogP contribution < -0.4 is 4.90 Å². The fraction of sp³-hybridized carbons (Fsp3) is 0.500. The van der Waals surface area contributed by atoms with Gasteiger partial charge in [-0.2, -0.15) is 0 Å². The van der Waals surface area contributed by atoms with E-state index in [9.17, 15) is 19.5 Å². The Bertz CT molecular complexity index is 669.